The van der Waals surface area contributed by atoms with Gasteiger partial charge in [0.15, 0.2) is 0 Å². The Labute approximate surface area is 160 Å². The van der Waals surface area contributed by atoms with Crippen LogP contribution in [0.2, 0.25) is 0 Å². The summed E-state index contributed by atoms with van der Waals surface area (Å²) in [6.07, 6.45) is 1.30. The van der Waals surface area contributed by atoms with Crippen molar-refractivity contribution in [1.82, 2.24) is 0 Å². The molecule has 1 N–H and O–H groups in total. The lowest BCUT2D eigenvalue weighted by Gasteiger charge is -2.07. The minimum Gasteiger partial charge on any atom is -0.462 e. The first kappa shape index (κ1) is 22.0. The topological polar surface area (TPSA) is 137 Å². The fraction of sp³-hybridized carbons (Fsp3) is 0.222. The second-order valence-electron chi connectivity index (χ2n) is 5.35. The van der Waals surface area contributed by atoms with Crippen molar-refractivity contribution in [3.05, 3.63) is 62.2 Å². The van der Waals surface area contributed by atoms with Crippen LogP contribution < -0.4 is 5.43 Å². The number of esters is 1. The Hall–Kier alpha value is -4.00. The van der Waals surface area contributed by atoms with Crippen LogP contribution in [-0.2, 0) is 9.53 Å². The molecule has 0 fully saturated rings. The molecule has 0 aromatic heterocycles. The third kappa shape index (κ3) is 6.38. The van der Waals surface area contributed by atoms with E-state index in [4.69, 9.17) is 4.74 Å². The van der Waals surface area contributed by atoms with Gasteiger partial charge in [-0.3, -0.25) is 25.7 Å². The van der Waals surface area contributed by atoms with Crippen LogP contribution in [0.5, 0.6) is 0 Å². The summed E-state index contributed by atoms with van der Waals surface area (Å²) in [5.74, 6) is 4.67. The molecule has 0 aliphatic heterocycles. The minimum atomic E-state index is -0.777. The summed E-state index contributed by atoms with van der Waals surface area (Å²) in [6.45, 7) is 8.58. The van der Waals surface area contributed by atoms with Gasteiger partial charge >= 0.3 is 11.7 Å². The normalized spacial score (nSPS) is 11.1. The second-order valence-corrected chi connectivity index (χ2v) is 5.35. The number of hydrogen-bond acceptors (Lipinski definition) is 8. The van der Waals surface area contributed by atoms with Gasteiger partial charge in [-0.15, -0.1) is 0 Å². The van der Waals surface area contributed by atoms with E-state index in [1.807, 2.05) is 0 Å². The Morgan fingerprint density at radius 3 is 2.54 bits per heavy atom. The van der Waals surface area contributed by atoms with Crippen molar-refractivity contribution in [3.63, 3.8) is 0 Å². The summed E-state index contributed by atoms with van der Waals surface area (Å²) in [7, 11) is 0. The molecular weight excluding hydrogens is 368 g/mol. The van der Waals surface area contributed by atoms with Crippen LogP contribution >= 0.6 is 0 Å². The monoisotopic (exact) mass is 386 g/mol. The predicted octanol–water partition coefficient (Wildman–Crippen LogP) is 3.36. The number of rotatable bonds is 7. The molecule has 0 saturated heterocycles. The first-order valence-electron chi connectivity index (χ1n) is 7.95. The zero-order valence-corrected chi connectivity index (χ0v) is 15.5. The van der Waals surface area contributed by atoms with Gasteiger partial charge in [-0.05, 0) is 32.4 Å². The number of benzene rings is 1. The smallest absolute Gasteiger partial charge is 0.340 e. The summed E-state index contributed by atoms with van der Waals surface area (Å²) < 4.78 is 4.95. The van der Waals surface area contributed by atoms with Crippen LogP contribution in [-0.4, -0.2) is 28.1 Å². The molecular formula is C18H18N4O6. The molecule has 0 aliphatic rings. The summed E-state index contributed by atoms with van der Waals surface area (Å²) >= 11 is 0. The fourth-order valence-electron chi connectivity index (χ4n) is 1.83. The number of nitrogens with zero attached hydrogens (tertiary/aromatic N) is 3. The Morgan fingerprint density at radius 1 is 1.32 bits per heavy atom. The molecule has 1 rings (SSSR count). The standard InChI is InChI=1S/C18H18N4O6/c1-5-28-18(23)15(8-6-7-12(2)3)13(4)19-20-16-10-9-14(21(24)25)11-17(16)22(26)27/h8-11,20H,2,5H2,1,3-4H3. The van der Waals surface area contributed by atoms with E-state index in [1.54, 1.807) is 13.8 Å². The third-order valence-corrected chi connectivity index (χ3v) is 3.12. The van der Waals surface area contributed by atoms with Gasteiger partial charge in [-0.25, -0.2) is 4.79 Å². The van der Waals surface area contributed by atoms with Crippen LogP contribution in [0.1, 0.15) is 20.8 Å². The van der Waals surface area contributed by atoms with E-state index < -0.39 is 27.2 Å². The van der Waals surface area contributed by atoms with Gasteiger partial charge in [0.1, 0.15) is 5.69 Å². The van der Waals surface area contributed by atoms with Crippen molar-refractivity contribution < 1.29 is 19.4 Å². The Balaban J connectivity index is 3.25. The highest BCUT2D eigenvalue weighted by atomic mass is 16.6. The molecule has 0 saturated carbocycles. The maximum Gasteiger partial charge on any atom is 0.340 e. The Morgan fingerprint density at radius 2 is 2.00 bits per heavy atom. The molecule has 10 heteroatoms. The molecule has 1 aromatic rings. The SMILES string of the molecule is C=C(C)C#CC=C(C(=O)OCC)C(C)=NNc1ccc([N+](=O)[O-])cc1[N+](=O)[O-]. The largest absolute Gasteiger partial charge is 0.462 e. The zero-order valence-electron chi connectivity index (χ0n) is 15.5. The summed E-state index contributed by atoms with van der Waals surface area (Å²) in [4.78, 5) is 32.5. The van der Waals surface area contributed by atoms with Gasteiger partial charge in [0.2, 0.25) is 0 Å². The van der Waals surface area contributed by atoms with Gasteiger partial charge < -0.3 is 4.74 Å². The van der Waals surface area contributed by atoms with Crippen molar-refractivity contribution in [1.29, 1.82) is 0 Å². The molecule has 0 unspecified atom stereocenters. The molecule has 0 radical (unpaired) electrons. The second kappa shape index (κ2) is 10.2. The lowest BCUT2D eigenvalue weighted by Crippen LogP contribution is -2.15. The number of hydrogen-bond donors (Lipinski definition) is 1. The van der Waals surface area contributed by atoms with Crippen LogP contribution in [0, 0.1) is 32.1 Å². The lowest BCUT2D eigenvalue weighted by molar-refractivity contribution is -0.393. The number of nitro benzene ring substituents is 2. The van der Waals surface area contributed by atoms with Gasteiger partial charge in [-0.2, -0.15) is 5.10 Å². The van der Waals surface area contributed by atoms with E-state index in [0.717, 1.165) is 18.2 Å². The number of carbonyl (C=O) groups excluding carboxylic acids is 1. The van der Waals surface area contributed by atoms with Gasteiger partial charge in [0, 0.05) is 12.1 Å². The van der Waals surface area contributed by atoms with E-state index >= 15 is 0 Å². The van der Waals surface area contributed by atoms with E-state index in [0.29, 0.717) is 5.57 Å². The molecule has 0 aliphatic carbocycles. The van der Waals surface area contributed by atoms with E-state index in [-0.39, 0.29) is 23.6 Å². The van der Waals surface area contributed by atoms with Gasteiger partial charge in [0.25, 0.3) is 5.69 Å². The van der Waals surface area contributed by atoms with Crippen molar-refractivity contribution >= 4 is 28.7 Å². The molecule has 0 spiro atoms. The van der Waals surface area contributed by atoms with Crippen molar-refractivity contribution in [2.75, 3.05) is 12.0 Å². The van der Waals surface area contributed by atoms with Crippen LogP contribution in [0.15, 0.2) is 47.1 Å². The average Bonchev–Trinajstić information content (AvgIpc) is 2.62. The number of hydrazone groups is 1. The van der Waals surface area contributed by atoms with E-state index in [1.165, 1.54) is 13.0 Å². The van der Waals surface area contributed by atoms with Crippen molar-refractivity contribution in [2.45, 2.75) is 20.8 Å². The summed E-state index contributed by atoms with van der Waals surface area (Å²) in [5, 5.41) is 25.9. The Bertz CT molecular complexity index is 937. The lowest BCUT2D eigenvalue weighted by atomic mass is 10.1. The zero-order chi connectivity index (χ0) is 21.3. The molecule has 1 aromatic carbocycles. The van der Waals surface area contributed by atoms with Gasteiger partial charge in [0.05, 0.1) is 33.8 Å². The average molecular weight is 386 g/mol. The first-order valence-corrected chi connectivity index (χ1v) is 7.95. The quantitative estimate of drug-likeness (QED) is 0.189. The third-order valence-electron chi connectivity index (χ3n) is 3.12. The maximum atomic E-state index is 12.1. The number of non-ortho nitro benzene ring substituents is 1. The molecule has 28 heavy (non-hydrogen) atoms. The number of nitro groups is 2. The minimum absolute atomic E-state index is 0.0488. The van der Waals surface area contributed by atoms with Crippen molar-refractivity contribution in [2.24, 2.45) is 5.10 Å². The number of ether oxygens (including phenoxy) is 1. The van der Waals surface area contributed by atoms with Gasteiger partial charge in [-0.1, -0.05) is 18.4 Å². The number of nitrogens with one attached hydrogen (secondary N) is 1. The molecule has 0 amide bonds. The highest BCUT2D eigenvalue weighted by Crippen LogP contribution is 2.29. The van der Waals surface area contributed by atoms with Crippen LogP contribution in [0.25, 0.3) is 0 Å². The molecule has 146 valence electrons. The van der Waals surface area contributed by atoms with E-state index in [2.05, 4.69) is 28.9 Å². The summed E-state index contributed by atoms with van der Waals surface area (Å²) in [6, 6.07) is 3.07. The molecule has 10 nitrogen and oxygen atoms in total. The number of anilines is 1. The number of allylic oxidation sites excluding steroid dienone is 2. The maximum absolute atomic E-state index is 12.1. The van der Waals surface area contributed by atoms with Crippen molar-refractivity contribution in [3.8, 4) is 11.8 Å². The fourth-order valence-corrected chi connectivity index (χ4v) is 1.83. The number of carbonyl (C=O) groups is 1. The molecule has 0 heterocycles. The Kier molecular flexibility index (Phi) is 8.05. The van der Waals surface area contributed by atoms with Crippen LogP contribution in [0.4, 0.5) is 17.1 Å². The predicted molar refractivity (Wildman–Crippen MR) is 104 cm³/mol. The highest BCUT2D eigenvalue weighted by molar-refractivity contribution is 6.19. The first-order chi connectivity index (χ1) is 13.2. The van der Waals surface area contributed by atoms with Crippen LogP contribution in [0.3, 0.4) is 0 Å². The van der Waals surface area contributed by atoms with E-state index in [9.17, 15) is 25.0 Å². The summed E-state index contributed by atoms with van der Waals surface area (Å²) in [5.41, 5.74) is 2.20. The molecule has 0 atom stereocenters. The highest BCUT2D eigenvalue weighted by Gasteiger charge is 2.20. The molecule has 0 bridgehead atoms.